The Bertz CT molecular complexity index is 533. The summed E-state index contributed by atoms with van der Waals surface area (Å²) in [7, 11) is 1.57. The Balaban J connectivity index is 1.89. The molecule has 0 radical (unpaired) electrons. The molecule has 22 heavy (non-hydrogen) atoms. The van der Waals surface area contributed by atoms with Crippen LogP contribution in [-0.4, -0.2) is 56.2 Å². The topological polar surface area (TPSA) is 67.9 Å². The van der Waals surface area contributed by atoms with Gasteiger partial charge in [0.1, 0.15) is 5.75 Å². The summed E-state index contributed by atoms with van der Waals surface area (Å²) in [6.45, 7) is 3.78. The molecule has 2 rings (SSSR count). The molecule has 6 nitrogen and oxygen atoms in total. The minimum Gasteiger partial charge on any atom is -0.484 e. The Morgan fingerprint density at radius 2 is 2.27 bits per heavy atom. The van der Waals surface area contributed by atoms with E-state index in [1.165, 1.54) is 0 Å². The number of benzene rings is 1. The molecule has 0 saturated carbocycles. The zero-order valence-corrected chi connectivity index (χ0v) is 13.0. The van der Waals surface area contributed by atoms with E-state index in [0.29, 0.717) is 31.0 Å². The third kappa shape index (κ3) is 4.21. The fourth-order valence-electron chi connectivity index (χ4n) is 2.30. The largest absolute Gasteiger partial charge is 0.484 e. The van der Waals surface area contributed by atoms with Crippen molar-refractivity contribution in [3.05, 3.63) is 29.8 Å². The molecule has 1 unspecified atom stereocenters. The minimum absolute atomic E-state index is 0.0341. The number of amides is 2. The highest BCUT2D eigenvalue weighted by Gasteiger charge is 2.23. The van der Waals surface area contributed by atoms with Crippen LogP contribution in [0.25, 0.3) is 0 Å². The van der Waals surface area contributed by atoms with Gasteiger partial charge in [-0.1, -0.05) is 13.0 Å². The van der Waals surface area contributed by atoms with E-state index in [1.54, 1.807) is 36.2 Å². The van der Waals surface area contributed by atoms with Crippen LogP contribution in [0.2, 0.25) is 0 Å². The second kappa shape index (κ2) is 7.79. The fraction of sp³-hybridized carbons (Fsp3) is 0.500. The first kappa shape index (κ1) is 16.3. The van der Waals surface area contributed by atoms with E-state index < -0.39 is 0 Å². The first-order chi connectivity index (χ1) is 10.6. The quantitative estimate of drug-likeness (QED) is 0.883. The molecule has 0 spiro atoms. The zero-order valence-electron chi connectivity index (χ0n) is 13.0. The normalized spacial score (nSPS) is 17.9. The van der Waals surface area contributed by atoms with E-state index in [0.717, 1.165) is 6.42 Å². The van der Waals surface area contributed by atoms with Crippen molar-refractivity contribution in [1.29, 1.82) is 0 Å². The summed E-state index contributed by atoms with van der Waals surface area (Å²) < 4.78 is 11.1. The Morgan fingerprint density at radius 1 is 1.45 bits per heavy atom. The average Bonchev–Trinajstić information content (AvgIpc) is 2.59. The van der Waals surface area contributed by atoms with Crippen molar-refractivity contribution in [3.63, 3.8) is 0 Å². The van der Waals surface area contributed by atoms with E-state index >= 15 is 0 Å². The van der Waals surface area contributed by atoms with Gasteiger partial charge in [-0.3, -0.25) is 9.59 Å². The number of nitrogens with one attached hydrogen (secondary N) is 1. The Hall–Kier alpha value is -2.08. The monoisotopic (exact) mass is 306 g/mol. The summed E-state index contributed by atoms with van der Waals surface area (Å²) in [5.41, 5.74) is 0.505. The maximum Gasteiger partial charge on any atom is 0.260 e. The molecule has 6 heteroatoms. The van der Waals surface area contributed by atoms with Crippen LogP contribution < -0.4 is 10.1 Å². The van der Waals surface area contributed by atoms with Crippen molar-refractivity contribution in [2.45, 2.75) is 19.4 Å². The molecule has 1 aromatic rings. The number of carbonyl (C=O) groups is 2. The standard InChI is InChI=1S/C16H22N2O4/c1-3-13-10-18(7-8-21-13)15(19)11-22-14-6-4-5-12(9-14)16(20)17-2/h4-6,9,13H,3,7-8,10-11H2,1-2H3,(H,17,20). The van der Waals surface area contributed by atoms with E-state index in [-0.39, 0.29) is 24.5 Å². The van der Waals surface area contributed by atoms with Gasteiger partial charge in [0.05, 0.1) is 12.7 Å². The number of ether oxygens (including phenoxy) is 2. The van der Waals surface area contributed by atoms with Gasteiger partial charge >= 0.3 is 0 Å². The van der Waals surface area contributed by atoms with Crippen LogP contribution in [0, 0.1) is 0 Å². The summed E-state index contributed by atoms with van der Waals surface area (Å²) >= 11 is 0. The van der Waals surface area contributed by atoms with Gasteiger partial charge < -0.3 is 19.7 Å². The Kier molecular flexibility index (Phi) is 5.77. The number of hydrogen-bond acceptors (Lipinski definition) is 4. The van der Waals surface area contributed by atoms with E-state index in [1.807, 2.05) is 6.92 Å². The van der Waals surface area contributed by atoms with E-state index in [9.17, 15) is 9.59 Å². The molecule has 0 bridgehead atoms. The molecule has 0 aliphatic carbocycles. The first-order valence-corrected chi connectivity index (χ1v) is 7.48. The maximum absolute atomic E-state index is 12.2. The number of carbonyl (C=O) groups excluding carboxylic acids is 2. The molecule has 1 fully saturated rings. The summed E-state index contributed by atoms with van der Waals surface area (Å²) in [5, 5.41) is 2.55. The van der Waals surface area contributed by atoms with Crippen LogP contribution in [0.3, 0.4) is 0 Å². The van der Waals surface area contributed by atoms with Crippen molar-refractivity contribution >= 4 is 11.8 Å². The second-order valence-electron chi connectivity index (χ2n) is 5.14. The lowest BCUT2D eigenvalue weighted by Gasteiger charge is -2.32. The minimum atomic E-state index is -0.184. The number of nitrogens with zero attached hydrogens (tertiary/aromatic N) is 1. The van der Waals surface area contributed by atoms with Crippen molar-refractivity contribution in [2.75, 3.05) is 33.4 Å². The molecule has 0 aromatic heterocycles. The van der Waals surface area contributed by atoms with Gasteiger partial charge in [0.15, 0.2) is 6.61 Å². The lowest BCUT2D eigenvalue weighted by molar-refractivity contribution is -0.141. The number of hydrogen-bond donors (Lipinski definition) is 1. The van der Waals surface area contributed by atoms with Gasteiger partial charge in [-0.05, 0) is 24.6 Å². The predicted molar refractivity (Wildman–Crippen MR) is 81.9 cm³/mol. The lowest BCUT2D eigenvalue weighted by atomic mass is 10.2. The highest BCUT2D eigenvalue weighted by molar-refractivity contribution is 5.94. The van der Waals surface area contributed by atoms with Gasteiger partial charge in [0, 0.05) is 25.7 Å². The molecule has 120 valence electrons. The van der Waals surface area contributed by atoms with E-state index in [2.05, 4.69) is 5.32 Å². The summed E-state index contributed by atoms with van der Waals surface area (Å²) in [4.78, 5) is 25.5. The summed E-state index contributed by atoms with van der Waals surface area (Å²) in [6, 6.07) is 6.78. The van der Waals surface area contributed by atoms with Crippen LogP contribution in [-0.2, 0) is 9.53 Å². The van der Waals surface area contributed by atoms with Gasteiger partial charge in [0.25, 0.3) is 11.8 Å². The maximum atomic E-state index is 12.2. The lowest BCUT2D eigenvalue weighted by Crippen LogP contribution is -2.47. The highest BCUT2D eigenvalue weighted by Crippen LogP contribution is 2.14. The van der Waals surface area contributed by atoms with Crippen molar-refractivity contribution < 1.29 is 19.1 Å². The summed E-state index contributed by atoms with van der Waals surface area (Å²) in [5.74, 6) is 0.262. The molecule has 1 aliphatic rings. The van der Waals surface area contributed by atoms with Gasteiger partial charge in [0.2, 0.25) is 0 Å². The third-order valence-corrected chi connectivity index (χ3v) is 3.63. The van der Waals surface area contributed by atoms with Gasteiger partial charge in [-0.15, -0.1) is 0 Å². The molecular weight excluding hydrogens is 284 g/mol. The van der Waals surface area contributed by atoms with Gasteiger partial charge in [-0.25, -0.2) is 0 Å². The Morgan fingerprint density at radius 3 is 3.00 bits per heavy atom. The molecule has 1 aliphatic heterocycles. The van der Waals surface area contributed by atoms with Crippen molar-refractivity contribution in [1.82, 2.24) is 10.2 Å². The second-order valence-corrected chi connectivity index (χ2v) is 5.14. The SMILES string of the molecule is CCC1CN(C(=O)COc2cccc(C(=O)NC)c2)CCO1. The molecule has 1 saturated heterocycles. The van der Waals surface area contributed by atoms with Gasteiger partial charge in [-0.2, -0.15) is 0 Å². The third-order valence-electron chi connectivity index (χ3n) is 3.63. The highest BCUT2D eigenvalue weighted by atomic mass is 16.5. The van der Waals surface area contributed by atoms with Crippen molar-refractivity contribution in [2.24, 2.45) is 0 Å². The molecule has 2 amide bonds. The van der Waals surface area contributed by atoms with Crippen LogP contribution in [0.1, 0.15) is 23.7 Å². The molecule has 1 aromatic carbocycles. The van der Waals surface area contributed by atoms with Crippen LogP contribution >= 0.6 is 0 Å². The first-order valence-electron chi connectivity index (χ1n) is 7.48. The van der Waals surface area contributed by atoms with Crippen molar-refractivity contribution in [3.8, 4) is 5.75 Å². The molecule has 1 heterocycles. The number of morpholine rings is 1. The summed E-state index contributed by atoms with van der Waals surface area (Å²) in [6.07, 6.45) is 0.994. The smallest absolute Gasteiger partial charge is 0.260 e. The predicted octanol–water partition coefficient (Wildman–Crippen LogP) is 1.06. The van der Waals surface area contributed by atoms with E-state index in [4.69, 9.17) is 9.47 Å². The molecular formula is C16H22N2O4. The molecule has 1 atom stereocenters. The fourth-order valence-corrected chi connectivity index (χ4v) is 2.30. The Labute approximate surface area is 130 Å². The zero-order chi connectivity index (χ0) is 15.9. The number of rotatable bonds is 5. The van der Waals surface area contributed by atoms with Crippen LogP contribution in [0.4, 0.5) is 0 Å². The van der Waals surface area contributed by atoms with Crippen LogP contribution in [0.15, 0.2) is 24.3 Å². The molecule has 1 N–H and O–H groups in total. The van der Waals surface area contributed by atoms with Crippen LogP contribution in [0.5, 0.6) is 5.75 Å². The average molecular weight is 306 g/mol.